The Morgan fingerprint density at radius 1 is 1.14 bits per heavy atom. The SMILES string of the molecule is O=C(NCCSCc1ccc(Cl)cc1)C1CCCN(Cc2ccc(F)cc2)C1. The topological polar surface area (TPSA) is 32.3 Å². The van der Waals surface area contributed by atoms with Gasteiger partial charge in [0.25, 0.3) is 0 Å². The molecule has 2 aromatic rings. The lowest BCUT2D eigenvalue weighted by atomic mass is 9.96. The van der Waals surface area contributed by atoms with E-state index in [-0.39, 0.29) is 17.6 Å². The van der Waals surface area contributed by atoms with Crippen LogP contribution in [0.5, 0.6) is 0 Å². The van der Waals surface area contributed by atoms with Crippen molar-refractivity contribution in [2.24, 2.45) is 5.92 Å². The molecule has 1 fully saturated rings. The molecule has 3 nitrogen and oxygen atoms in total. The van der Waals surface area contributed by atoms with E-state index in [0.717, 1.165) is 54.6 Å². The summed E-state index contributed by atoms with van der Waals surface area (Å²) >= 11 is 7.70. The summed E-state index contributed by atoms with van der Waals surface area (Å²) in [7, 11) is 0. The van der Waals surface area contributed by atoms with E-state index in [0.29, 0.717) is 6.54 Å². The van der Waals surface area contributed by atoms with Crippen LogP contribution in [0.1, 0.15) is 24.0 Å². The number of carbonyl (C=O) groups is 1. The Balaban J connectivity index is 1.35. The molecule has 2 aromatic carbocycles. The highest BCUT2D eigenvalue weighted by Gasteiger charge is 2.25. The zero-order valence-corrected chi connectivity index (χ0v) is 17.4. The van der Waals surface area contributed by atoms with Crippen LogP contribution in [0.2, 0.25) is 5.02 Å². The number of carbonyl (C=O) groups excluding carboxylic acids is 1. The van der Waals surface area contributed by atoms with Crippen molar-refractivity contribution in [3.8, 4) is 0 Å². The van der Waals surface area contributed by atoms with Crippen LogP contribution in [0, 0.1) is 11.7 Å². The van der Waals surface area contributed by atoms with E-state index >= 15 is 0 Å². The largest absolute Gasteiger partial charge is 0.355 e. The van der Waals surface area contributed by atoms with Gasteiger partial charge in [-0.05, 0) is 54.8 Å². The maximum Gasteiger partial charge on any atom is 0.224 e. The van der Waals surface area contributed by atoms with Crippen molar-refractivity contribution in [2.75, 3.05) is 25.4 Å². The van der Waals surface area contributed by atoms with Gasteiger partial charge in [0.1, 0.15) is 5.82 Å². The summed E-state index contributed by atoms with van der Waals surface area (Å²) in [4.78, 5) is 14.8. The molecular weight excluding hydrogens is 395 g/mol. The van der Waals surface area contributed by atoms with Crippen molar-refractivity contribution in [1.82, 2.24) is 10.2 Å². The van der Waals surface area contributed by atoms with Crippen molar-refractivity contribution >= 4 is 29.3 Å². The van der Waals surface area contributed by atoms with Crippen LogP contribution in [-0.2, 0) is 17.1 Å². The Kier molecular flexibility index (Phi) is 8.19. The Morgan fingerprint density at radius 2 is 1.86 bits per heavy atom. The molecule has 1 aliphatic rings. The van der Waals surface area contributed by atoms with Gasteiger partial charge in [-0.15, -0.1) is 0 Å². The van der Waals surface area contributed by atoms with Gasteiger partial charge < -0.3 is 5.32 Å². The number of hydrogen-bond donors (Lipinski definition) is 1. The van der Waals surface area contributed by atoms with Crippen LogP contribution >= 0.6 is 23.4 Å². The molecule has 0 bridgehead atoms. The fourth-order valence-corrected chi connectivity index (χ4v) is 4.37. The van der Waals surface area contributed by atoms with E-state index in [1.807, 2.05) is 36.4 Å². The summed E-state index contributed by atoms with van der Waals surface area (Å²) in [5.74, 6) is 1.78. The van der Waals surface area contributed by atoms with Crippen LogP contribution in [0.15, 0.2) is 48.5 Å². The number of piperidine rings is 1. The number of hydrogen-bond acceptors (Lipinski definition) is 3. The molecule has 0 spiro atoms. The molecular formula is C22H26ClFN2OS. The van der Waals surface area contributed by atoms with Gasteiger partial charge in [0.05, 0.1) is 5.92 Å². The van der Waals surface area contributed by atoms with E-state index in [1.54, 1.807) is 11.8 Å². The highest BCUT2D eigenvalue weighted by Crippen LogP contribution is 2.19. The second kappa shape index (κ2) is 10.8. The molecule has 0 radical (unpaired) electrons. The molecule has 0 aromatic heterocycles. The van der Waals surface area contributed by atoms with Crippen molar-refractivity contribution < 1.29 is 9.18 Å². The highest BCUT2D eigenvalue weighted by molar-refractivity contribution is 7.98. The molecule has 1 amide bonds. The molecule has 1 unspecified atom stereocenters. The van der Waals surface area contributed by atoms with Gasteiger partial charge in [0.2, 0.25) is 5.91 Å². The Morgan fingerprint density at radius 3 is 2.61 bits per heavy atom. The lowest BCUT2D eigenvalue weighted by Crippen LogP contribution is -2.43. The summed E-state index contributed by atoms with van der Waals surface area (Å²) in [5.41, 5.74) is 2.32. The van der Waals surface area contributed by atoms with Gasteiger partial charge in [0, 0.05) is 36.2 Å². The van der Waals surface area contributed by atoms with E-state index in [4.69, 9.17) is 11.6 Å². The summed E-state index contributed by atoms with van der Waals surface area (Å²) in [6.07, 6.45) is 1.95. The molecule has 0 saturated carbocycles. The first-order chi connectivity index (χ1) is 13.6. The summed E-state index contributed by atoms with van der Waals surface area (Å²) in [6, 6.07) is 14.5. The number of rotatable bonds is 8. The fourth-order valence-electron chi connectivity index (χ4n) is 3.42. The van der Waals surface area contributed by atoms with E-state index in [1.165, 1.54) is 17.7 Å². The third-order valence-corrected chi connectivity index (χ3v) is 6.21. The Labute approximate surface area is 175 Å². The van der Waals surface area contributed by atoms with Crippen molar-refractivity contribution in [3.05, 3.63) is 70.5 Å². The normalized spacial score (nSPS) is 17.4. The van der Waals surface area contributed by atoms with Crippen LogP contribution < -0.4 is 5.32 Å². The number of nitrogens with zero attached hydrogens (tertiary/aromatic N) is 1. The lowest BCUT2D eigenvalue weighted by molar-refractivity contribution is -0.126. The van der Waals surface area contributed by atoms with Gasteiger partial charge in [-0.1, -0.05) is 35.9 Å². The predicted molar refractivity (Wildman–Crippen MR) is 115 cm³/mol. The van der Waals surface area contributed by atoms with Gasteiger partial charge in [0.15, 0.2) is 0 Å². The minimum atomic E-state index is -0.214. The van der Waals surface area contributed by atoms with Gasteiger partial charge in [-0.25, -0.2) is 4.39 Å². The Bertz CT molecular complexity index is 754. The first-order valence-corrected chi connectivity index (χ1v) is 11.2. The van der Waals surface area contributed by atoms with Crippen molar-refractivity contribution in [1.29, 1.82) is 0 Å². The Hall–Kier alpha value is -1.56. The van der Waals surface area contributed by atoms with E-state index in [9.17, 15) is 9.18 Å². The highest BCUT2D eigenvalue weighted by atomic mass is 35.5. The van der Waals surface area contributed by atoms with Gasteiger partial charge >= 0.3 is 0 Å². The van der Waals surface area contributed by atoms with Crippen LogP contribution in [-0.4, -0.2) is 36.2 Å². The maximum absolute atomic E-state index is 13.0. The quantitative estimate of drug-likeness (QED) is 0.626. The standard InChI is InChI=1S/C22H26ClFN2OS/c23-20-7-3-18(4-8-20)16-28-13-11-25-22(27)19-2-1-12-26(15-19)14-17-5-9-21(24)10-6-17/h3-10,19H,1-2,11-16H2,(H,25,27). The molecule has 150 valence electrons. The monoisotopic (exact) mass is 420 g/mol. The molecule has 0 aliphatic carbocycles. The smallest absolute Gasteiger partial charge is 0.224 e. The number of nitrogens with one attached hydrogen (secondary N) is 1. The van der Waals surface area contributed by atoms with E-state index in [2.05, 4.69) is 10.2 Å². The minimum absolute atomic E-state index is 0.0375. The van der Waals surface area contributed by atoms with Crippen molar-refractivity contribution in [3.63, 3.8) is 0 Å². The molecule has 1 N–H and O–H groups in total. The number of amides is 1. The zero-order chi connectivity index (χ0) is 19.8. The second-order valence-electron chi connectivity index (χ2n) is 7.17. The summed E-state index contributed by atoms with van der Waals surface area (Å²) < 4.78 is 13.0. The lowest BCUT2D eigenvalue weighted by Gasteiger charge is -2.32. The maximum atomic E-state index is 13.0. The third kappa shape index (κ3) is 6.80. The molecule has 1 aliphatic heterocycles. The fraction of sp³-hybridized carbons (Fsp3) is 0.409. The van der Waals surface area contributed by atoms with Crippen LogP contribution in [0.3, 0.4) is 0 Å². The first kappa shape index (κ1) is 21.2. The summed E-state index contributed by atoms with van der Waals surface area (Å²) in [5, 5.41) is 3.83. The number of halogens is 2. The third-order valence-electron chi connectivity index (χ3n) is 4.92. The molecule has 28 heavy (non-hydrogen) atoms. The van der Waals surface area contributed by atoms with Gasteiger partial charge in [-0.3, -0.25) is 9.69 Å². The number of benzene rings is 2. The van der Waals surface area contributed by atoms with E-state index < -0.39 is 0 Å². The second-order valence-corrected chi connectivity index (χ2v) is 8.71. The number of likely N-dealkylation sites (tertiary alicyclic amines) is 1. The molecule has 1 heterocycles. The van der Waals surface area contributed by atoms with Gasteiger partial charge in [-0.2, -0.15) is 11.8 Å². The average molecular weight is 421 g/mol. The molecule has 1 atom stereocenters. The number of thioether (sulfide) groups is 1. The van der Waals surface area contributed by atoms with Crippen LogP contribution in [0.25, 0.3) is 0 Å². The predicted octanol–water partition coefficient (Wildman–Crippen LogP) is 4.74. The minimum Gasteiger partial charge on any atom is -0.355 e. The average Bonchev–Trinajstić information content (AvgIpc) is 2.71. The summed E-state index contributed by atoms with van der Waals surface area (Å²) in [6.45, 7) is 3.20. The molecule has 3 rings (SSSR count). The molecule has 6 heteroatoms. The first-order valence-electron chi connectivity index (χ1n) is 9.67. The zero-order valence-electron chi connectivity index (χ0n) is 15.9. The van der Waals surface area contributed by atoms with Crippen molar-refractivity contribution in [2.45, 2.75) is 25.1 Å². The molecule has 1 saturated heterocycles. The van der Waals surface area contributed by atoms with Crippen LogP contribution in [0.4, 0.5) is 4.39 Å².